The lowest BCUT2D eigenvalue weighted by Crippen LogP contribution is -2.29. The molecule has 0 aromatic heterocycles. The second-order valence-corrected chi connectivity index (χ2v) is 7.13. The number of benzene rings is 1. The summed E-state index contributed by atoms with van der Waals surface area (Å²) in [5, 5.41) is 13.7. The smallest absolute Gasteiger partial charge is 0.293 e. The predicted octanol–water partition coefficient (Wildman–Crippen LogP) is 1.67. The lowest BCUT2D eigenvalue weighted by Gasteiger charge is -2.11. The van der Waals surface area contributed by atoms with Gasteiger partial charge in [0.1, 0.15) is 5.69 Å². The Hall–Kier alpha value is -1.32. The van der Waals surface area contributed by atoms with Crippen LogP contribution in [0.1, 0.15) is 6.92 Å². The summed E-state index contributed by atoms with van der Waals surface area (Å²) in [6.45, 7) is 2.16. The van der Waals surface area contributed by atoms with E-state index in [4.69, 9.17) is 0 Å². The van der Waals surface area contributed by atoms with Gasteiger partial charge in [-0.3, -0.25) is 10.1 Å². The molecule has 112 valence electrons. The average Bonchev–Trinajstić information content (AvgIpc) is 2.43. The highest BCUT2D eigenvalue weighted by molar-refractivity contribution is 7.99. The van der Waals surface area contributed by atoms with E-state index in [0.29, 0.717) is 0 Å². The second kappa shape index (κ2) is 6.91. The Balaban J connectivity index is 3.07. The van der Waals surface area contributed by atoms with Gasteiger partial charge in [0.15, 0.2) is 0 Å². The van der Waals surface area contributed by atoms with Crippen LogP contribution in [0.4, 0.5) is 11.4 Å². The number of anilines is 1. The maximum Gasteiger partial charge on any atom is 0.293 e. The number of nitro benzene ring substituents is 1. The summed E-state index contributed by atoms with van der Waals surface area (Å²) in [4.78, 5) is 10.2. The van der Waals surface area contributed by atoms with Crippen molar-refractivity contribution in [2.45, 2.75) is 17.1 Å². The van der Waals surface area contributed by atoms with Crippen LogP contribution in [0.3, 0.4) is 0 Å². The largest absolute Gasteiger partial charge is 0.383 e. The summed E-state index contributed by atoms with van der Waals surface area (Å²) in [6.07, 6.45) is 1.88. The zero-order valence-electron chi connectivity index (χ0n) is 11.4. The van der Waals surface area contributed by atoms with Gasteiger partial charge in [-0.05, 0) is 18.4 Å². The monoisotopic (exact) mass is 319 g/mol. The Bertz CT molecular complexity index is 589. The van der Waals surface area contributed by atoms with E-state index in [0.717, 1.165) is 6.07 Å². The molecule has 2 N–H and O–H groups in total. The van der Waals surface area contributed by atoms with E-state index in [1.807, 2.05) is 13.2 Å². The first-order valence-electron chi connectivity index (χ1n) is 5.80. The number of nitro groups is 1. The van der Waals surface area contributed by atoms with Crippen molar-refractivity contribution >= 4 is 33.2 Å². The third kappa shape index (κ3) is 4.09. The Kier molecular flexibility index (Phi) is 5.78. The highest BCUT2D eigenvalue weighted by Gasteiger charge is 2.21. The van der Waals surface area contributed by atoms with Gasteiger partial charge < -0.3 is 5.32 Å². The van der Waals surface area contributed by atoms with Gasteiger partial charge in [0.05, 0.1) is 9.82 Å². The van der Waals surface area contributed by atoms with Crippen molar-refractivity contribution < 1.29 is 13.3 Å². The van der Waals surface area contributed by atoms with Crippen molar-refractivity contribution in [1.29, 1.82) is 0 Å². The molecule has 0 saturated carbocycles. The molecule has 0 amide bonds. The minimum atomic E-state index is -3.74. The summed E-state index contributed by atoms with van der Waals surface area (Å²) in [7, 11) is -2.21. The van der Waals surface area contributed by atoms with E-state index < -0.39 is 14.9 Å². The molecule has 1 aromatic carbocycles. The molecule has 1 aromatic rings. The van der Waals surface area contributed by atoms with E-state index in [1.54, 1.807) is 0 Å². The summed E-state index contributed by atoms with van der Waals surface area (Å²) >= 11 is 1.53. The first-order valence-corrected chi connectivity index (χ1v) is 8.57. The fraction of sp³-hybridized carbons (Fsp3) is 0.455. The van der Waals surface area contributed by atoms with Crippen molar-refractivity contribution in [2.75, 3.05) is 25.2 Å². The molecule has 9 heteroatoms. The standard InChI is InChI=1S/C11H17N3O4S2/c1-8(19-3)7-13-20(17,18)9-4-5-10(12-2)11(6-9)14(15)16/h4-6,8,12-13H,7H2,1-3H3. The fourth-order valence-corrected chi connectivity index (χ4v) is 2.94. The van der Waals surface area contributed by atoms with E-state index in [1.165, 1.54) is 30.9 Å². The SMILES string of the molecule is CNc1ccc(S(=O)(=O)NCC(C)SC)cc1[N+](=O)[O-]. The van der Waals surface area contributed by atoms with Crippen LogP contribution in [0.5, 0.6) is 0 Å². The van der Waals surface area contributed by atoms with E-state index in [9.17, 15) is 18.5 Å². The lowest BCUT2D eigenvalue weighted by atomic mass is 10.3. The number of thioether (sulfide) groups is 1. The van der Waals surface area contributed by atoms with Crippen LogP contribution < -0.4 is 10.0 Å². The maximum atomic E-state index is 12.1. The Morgan fingerprint density at radius 1 is 1.45 bits per heavy atom. The van der Waals surface area contributed by atoms with Crippen LogP contribution >= 0.6 is 11.8 Å². The van der Waals surface area contributed by atoms with Crippen molar-refractivity contribution in [3.05, 3.63) is 28.3 Å². The van der Waals surface area contributed by atoms with Crippen molar-refractivity contribution in [1.82, 2.24) is 4.72 Å². The molecule has 7 nitrogen and oxygen atoms in total. The third-order valence-electron chi connectivity index (χ3n) is 2.71. The number of nitrogens with one attached hydrogen (secondary N) is 2. The number of sulfonamides is 1. The lowest BCUT2D eigenvalue weighted by molar-refractivity contribution is -0.384. The van der Waals surface area contributed by atoms with Crippen molar-refractivity contribution in [3.8, 4) is 0 Å². The van der Waals surface area contributed by atoms with Gasteiger partial charge in [-0.2, -0.15) is 11.8 Å². The average molecular weight is 319 g/mol. The zero-order valence-corrected chi connectivity index (χ0v) is 13.0. The van der Waals surface area contributed by atoms with Gasteiger partial charge in [-0.15, -0.1) is 0 Å². The van der Waals surface area contributed by atoms with Gasteiger partial charge >= 0.3 is 0 Å². The normalized spacial score (nSPS) is 12.9. The highest BCUT2D eigenvalue weighted by Crippen LogP contribution is 2.27. The Morgan fingerprint density at radius 2 is 2.10 bits per heavy atom. The molecule has 1 rings (SSSR count). The Labute approximate surface area is 122 Å². The maximum absolute atomic E-state index is 12.1. The molecule has 0 fully saturated rings. The van der Waals surface area contributed by atoms with Crippen molar-refractivity contribution in [3.63, 3.8) is 0 Å². The predicted molar refractivity (Wildman–Crippen MR) is 80.8 cm³/mol. The molecule has 0 aliphatic carbocycles. The highest BCUT2D eigenvalue weighted by atomic mass is 32.2. The molecule has 0 spiro atoms. The minimum absolute atomic E-state index is 0.114. The molecular formula is C11H17N3O4S2. The molecule has 0 radical (unpaired) electrons. The van der Waals surface area contributed by atoms with Crippen LogP contribution in [0.15, 0.2) is 23.1 Å². The van der Waals surface area contributed by atoms with Gasteiger partial charge in [-0.1, -0.05) is 6.92 Å². The molecular weight excluding hydrogens is 302 g/mol. The van der Waals surface area contributed by atoms with Gasteiger partial charge in [-0.25, -0.2) is 13.1 Å². The topological polar surface area (TPSA) is 101 Å². The quantitative estimate of drug-likeness (QED) is 0.585. The number of hydrogen-bond acceptors (Lipinski definition) is 6. The number of hydrogen-bond donors (Lipinski definition) is 2. The zero-order chi connectivity index (χ0) is 15.3. The van der Waals surface area contributed by atoms with E-state index in [-0.39, 0.29) is 28.1 Å². The van der Waals surface area contributed by atoms with Gasteiger partial charge in [0.2, 0.25) is 10.0 Å². The Morgan fingerprint density at radius 3 is 2.60 bits per heavy atom. The fourth-order valence-electron chi connectivity index (χ4n) is 1.43. The molecule has 0 bridgehead atoms. The molecule has 0 saturated heterocycles. The van der Waals surface area contributed by atoms with Crippen LogP contribution in [-0.4, -0.2) is 38.4 Å². The van der Waals surface area contributed by atoms with Crippen LogP contribution in [-0.2, 0) is 10.0 Å². The van der Waals surface area contributed by atoms with Crippen molar-refractivity contribution in [2.24, 2.45) is 0 Å². The first kappa shape index (κ1) is 16.7. The molecule has 1 unspecified atom stereocenters. The summed E-state index contributed by atoms with van der Waals surface area (Å²) in [5.74, 6) is 0. The molecule has 0 aliphatic rings. The van der Waals surface area contributed by atoms with Crippen LogP contribution in [0, 0.1) is 10.1 Å². The van der Waals surface area contributed by atoms with E-state index >= 15 is 0 Å². The summed E-state index contributed by atoms with van der Waals surface area (Å²) in [5.41, 5.74) is -0.000258. The first-order chi connectivity index (χ1) is 9.31. The molecule has 0 heterocycles. The van der Waals surface area contributed by atoms with Gasteiger partial charge in [0.25, 0.3) is 5.69 Å². The van der Waals surface area contributed by atoms with Gasteiger partial charge in [0, 0.05) is 24.9 Å². The number of rotatable bonds is 7. The summed E-state index contributed by atoms with van der Waals surface area (Å²) in [6, 6.07) is 3.77. The number of nitrogens with zero attached hydrogens (tertiary/aromatic N) is 1. The van der Waals surface area contributed by atoms with Crippen LogP contribution in [0.2, 0.25) is 0 Å². The third-order valence-corrected chi connectivity index (χ3v) is 5.10. The second-order valence-electron chi connectivity index (χ2n) is 4.08. The molecule has 1 atom stereocenters. The minimum Gasteiger partial charge on any atom is -0.383 e. The van der Waals surface area contributed by atoms with E-state index in [2.05, 4.69) is 10.0 Å². The molecule has 20 heavy (non-hydrogen) atoms. The van der Waals surface area contributed by atoms with Crippen LogP contribution in [0.25, 0.3) is 0 Å². The summed E-state index contributed by atoms with van der Waals surface area (Å²) < 4.78 is 26.6. The molecule has 0 aliphatic heterocycles.